The number of carbonyl (C=O) groups is 1. The monoisotopic (exact) mass is 540 g/mol. The van der Waals surface area contributed by atoms with Gasteiger partial charge in [0.15, 0.2) is 0 Å². The van der Waals surface area contributed by atoms with Gasteiger partial charge in [-0.3, -0.25) is 9.69 Å². The third-order valence-corrected chi connectivity index (χ3v) is 8.09. The van der Waals surface area contributed by atoms with Gasteiger partial charge in [-0.2, -0.15) is 0 Å². The number of rotatable bonds is 7. The van der Waals surface area contributed by atoms with Crippen molar-refractivity contribution < 1.29 is 22.3 Å². The van der Waals surface area contributed by atoms with E-state index in [0.717, 1.165) is 55.9 Å². The molecule has 2 saturated heterocycles. The van der Waals surface area contributed by atoms with Crippen molar-refractivity contribution in [1.29, 1.82) is 0 Å². The lowest BCUT2D eigenvalue weighted by atomic mass is 9.95. The molecule has 5 rings (SSSR count). The van der Waals surface area contributed by atoms with Gasteiger partial charge in [0.25, 0.3) is 5.91 Å². The van der Waals surface area contributed by atoms with Crippen LogP contribution in [0.15, 0.2) is 30.3 Å². The Labute approximate surface area is 214 Å². The molecule has 0 spiro atoms. The number of sulfonamides is 1. The minimum absolute atomic E-state index is 0.0555. The van der Waals surface area contributed by atoms with Crippen molar-refractivity contribution in [1.82, 2.24) is 9.62 Å². The summed E-state index contributed by atoms with van der Waals surface area (Å²) in [7, 11) is -3.78. The molecule has 0 aromatic heterocycles. The Morgan fingerprint density at radius 3 is 2.26 bits per heavy atom. The van der Waals surface area contributed by atoms with Crippen LogP contribution in [0.1, 0.15) is 65.9 Å². The maximum Gasteiger partial charge on any atom is 0.267 e. The van der Waals surface area contributed by atoms with Crippen LogP contribution >= 0.6 is 23.2 Å². The molecule has 35 heavy (non-hydrogen) atoms. The third kappa shape index (κ3) is 5.77. The number of nitrogens with zero attached hydrogens (tertiary/aromatic N) is 1. The summed E-state index contributed by atoms with van der Waals surface area (Å²) in [5.74, 6) is -0.686. The lowest BCUT2D eigenvalue weighted by molar-refractivity contribution is 0.0443. The number of fused-ring (bicyclic) bond motifs is 2. The summed E-state index contributed by atoms with van der Waals surface area (Å²) in [6, 6.07) is 8.81. The maximum atomic E-state index is 15.0. The van der Waals surface area contributed by atoms with Crippen LogP contribution in [-0.2, 0) is 16.6 Å². The molecule has 0 radical (unpaired) electrons. The fraction of sp³-hybridized carbons (Fsp3) is 0.480. The summed E-state index contributed by atoms with van der Waals surface area (Å²) >= 11 is 12.2. The molecule has 1 amide bonds. The topological polar surface area (TPSA) is 75.7 Å². The number of piperidine rings is 1. The molecule has 1 N–H and O–H groups in total. The molecule has 6 nitrogen and oxygen atoms in total. The Hall–Kier alpha value is -1.87. The molecule has 2 aromatic rings. The van der Waals surface area contributed by atoms with Crippen molar-refractivity contribution in [3.05, 3.63) is 62.9 Å². The summed E-state index contributed by atoms with van der Waals surface area (Å²) in [5, 5.41) is 1.08. The summed E-state index contributed by atoms with van der Waals surface area (Å²) in [6.07, 6.45) is 6.72. The lowest BCUT2D eigenvalue weighted by Gasteiger charge is -2.39. The Bertz CT molecular complexity index is 1230. The zero-order chi connectivity index (χ0) is 24.9. The van der Waals surface area contributed by atoms with Crippen molar-refractivity contribution in [2.75, 3.05) is 6.26 Å². The van der Waals surface area contributed by atoms with Gasteiger partial charge in [0, 0.05) is 28.7 Å². The van der Waals surface area contributed by atoms with Gasteiger partial charge in [-0.05, 0) is 85.9 Å². The van der Waals surface area contributed by atoms with Crippen molar-refractivity contribution in [3.8, 4) is 5.75 Å². The Balaban J connectivity index is 1.32. The minimum Gasteiger partial charge on any atom is -0.490 e. The summed E-state index contributed by atoms with van der Waals surface area (Å²) in [4.78, 5) is 14.8. The number of ether oxygens (including phenoxy) is 1. The molecule has 1 aliphatic carbocycles. The second kappa shape index (κ2) is 9.54. The number of halogens is 3. The SMILES string of the molecule is CS(=O)(=O)NC(=O)c1cc(C2CC2)c(CN2[C@@H]3CC[C@H]2C[C@H](Oc2cc(Cl)cc(Cl)c2)C3)cc1F. The molecule has 1 saturated carbocycles. The molecule has 3 aliphatic rings. The van der Waals surface area contributed by atoms with Crippen LogP contribution < -0.4 is 9.46 Å². The van der Waals surface area contributed by atoms with Crippen molar-refractivity contribution in [2.24, 2.45) is 0 Å². The van der Waals surface area contributed by atoms with Gasteiger partial charge >= 0.3 is 0 Å². The first-order valence-electron chi connectivity index (χ1n) is 11.8. The van der Waals surface area contributed by atoms with Crippen molar-refractivity contribution in [3.63, 3.8) is 0 Å². The predicted molar refractivity (Wildman–Crippen MR) is 133 cm³/mol. The summed E-state index contributed by atoms with van der Waals surface area (Å²) in [6.45, 7) is 0.599. The zero-order valence-electron chi connectivity index (χ0n) is 19.3. The molecule has 188 valence electrons. The van der Waals surface area contributed by atoms with E-state index < -0.39 is 21.7 Å². The van der Waals surface area contributed by atoms with Crippen LogP contribution in [-0.4, -0.2) is 43.7 Å². The highest BCUT2D eigenvalue weighted by molar-refractivity contribution is 7.89. The molecule has 2 aliphatic heterocycles. The largest absolute Gasteiger partial charge is 0.490 e. The number of nitrogens with one attached hydrogen (secondary N) is 1. The Morgan fingerprint density at radius 1 is 1.06 bits per heavy atom. The fourth-order valence-corrected chi connectivity index (χ4v) is 6.46. The van der Waals surface area contributed by atoms with E-state index in [0.29, 0.717) is 34.4 Å². The highest BCUT2D eigenvalue weighted by atomic mass is 35.5. The minimum atomic E-state index is -3.78. The number of hydrogen-bond donors (Lipinski definition) is 1. The van der Waals surface area contributed by atoms with Crippen LogP contribution in [0.3, 0.4) is 0 Å². The van der Waals surface area contributed by atoms with Crippen LogP contribution in [0, 0.1) is 5.82 Å². The summed E-state index contributed by atoms with van der Waals surface area (Å²) in [5.41, 5.74) is 1.59. The zero-order valence-corrected chi connectivity index (χ0v) is 21.6. The second-order valence-electron chi connectivity index (χ2n) is 9.88. The molecule has 3 fully saturated rings. The normalized spacial score (nSPS) is 24.4. The van der Waals surface area contributed by atoms with E-state index in [1.165, 1.54) is 6.07 Å². The van der Waals surface area contributed by atoms with Crippen LogP contribution in [0.5, 0.6) is 5.75 Å². The summed E-state index contributed by atoms with van der Waals surface area (Å²) < 4.78 is 46.0. The first-order valence-corrected chi connectivity index (χ1v) is 14.4. The molecule has 2 heterocycles. The Morgan fingerprint density at radius 2 is 1.69 bits per heavy atom. The van der Waals surface area contributed by atoms with E-state index in [2.05, 4.69) is 4.90 Å². The van der Waals surface area contributed by atoms with Gasteiger partial charge in [-0.15, -0.1) is 0 Å². The molecular weight excluding hydrogens is 514 g/mol. The number of hydrogen-bond acceptors (Lipinski definition) is 5. The van der Waals surface area contributed by atoms with E-state index in [1.54, 1.807) is 24.3 Å². The average Bonchev–Trinajstić information content (AvgIpc) is 3.53. The maximum absolute atomic E-state index is 15.0. The predicted octanol–water partition coefficient (Wildman–Crippen LogP) is 5.27. The first kappa shape index (κ1) is 24.8. The molecule has 2 bridgehead atoms. The second-order valence-corrected chi connectivity index (χ2v) is 12.5. The van der Waals surface area contributed by atoms with Gasteiger partial charge in [0.2, 0.25) is 10.0 Å². The van der Waals surface area contributed by atoms with Crippen molar-refractivity contribution >= 4 is 39.1 Å². The molecule has 2 aromatic carbocycles. The third-order valence-electron chi connectivity index (χ3n) is 7.10. The van der Waals surface area contributed by atoms with E-state index in [1.807, 2.05) is 4.72 Å². The van der Waals surface area contributed by atoms with Crippen LogP contribution in [0.2, 0.25) is 10.0 Å². The quantitative estimate of drug-likeness (QED) is 0.517. The highest BCUT2D eigenvalue weighted by Crippen LogP contribution is 2.44. The van der Waals surface area contributed by atoms with Gasteiger partial charge in [0.1, 0.15) is 17.7 Å². The van der Waals surface area contributed by atoms with Gasteiger partial charge < -0.3 is 4.74 Å². The van der Waals surface area contributed by atoms with E-state index in [9.17, 15) is 17.6 Å². The lowest BCUT2D eigenvalue weighted by Crippen LogP contribution is -2.45. The molecule has 3 atom stereocenters. The van der Waals surface area contributed by atoms with E-state index in [-0.39, 0.29) is 17.6 Å². The smallest absolute Gasteiger partial charge is 0.267 e. The van der Waals surface area contributed by atoms with Gasteiger partial charge in [0.05, 0.1) is 11.8 Å². The van der Waals surface area contributed by atoms with Gasteiger partial charge in [-0.25, -0.2) is 17.5 Å². The number of benzene rings is 2. The van der Waals surface area contributed by atoms with E-state index in [4.69, 9.17) is 27.9 Å². The average molecular weight is 541 g/mol. The van der Waals surface area contributed by atoms with Crippen molar-refractivity contribution in [2.45, 2.75) is 69.2 Å². The standard InChI is InChI=1S/C25H27Cl2FN2O4S/c1-35(32,33)29-25(31)23-12-22(14-2-3-14)15(6-24(23)28)13-30-18-4-5-19(30)11-21(10-18)34-20-8-16(26)7-17(27)9-20/h6-9,12,14,18-19,21H,2-5,10-11,13H2,1H3,(H,29,31)/t18-,19+,21-. The molecular formula is C25H27Cl2FN2O4S. The fourth-order valence-electron chi connectivity index (χ4n) is 5.50. The number of carbonyl (C=O) groups excluding carboxylic acids is 1. The molecule has 10 heteroatoms. The molecule has 0 unspecified atom stereocenters. The highest BCUT2D eigenvalue weighted by Gasteiger charge is 2.42. The van der Waals surface area contributed by atoms with Crippen LogP contribution in [0.4, 0.5) is 4.39 Å². The first-order chi connectivity index (χ1) is 16.6. The number of amides is 1. The Kier molecular flexibility index (Phi) is 6.76. The van der Waals surface area contributed by atoms with E-state index >= 15 is 0 Å². The van der Waals surface area contributed by atoms with Crippen LogP contribution in [0.25, 0.3) is 0 Å². The van der Waals surface area contributed by atoms with Gasteiger partial charge in [-0.1, -0.05) is 23.2 Å².